The number of nitrogens with zero attached hydrogens (tertiary/aromatic N) is 1. The first-order valence-electron chi connectivity index (χ1n) is 7.69. The fraction of sp³-hybridized carbons (Fsp3) is 0.158. The lowest BCUT2D eigenvalue weighted by atomic mass is 10.1. The highest BCUT2D eigenvalue weighted by atomic mass is 16.7. The van der Waals surface area contributed by atoms with Crippen LogP contribution in [0.2, 0.25) is 0 Å². The highest BCUT2D eigenvalue weighted by Crippen LogP contribution is 2.33. The molecular formula is C19H16N2O3. The van der Waals surface area contributed by atoms with E-state index in [9.17, 15) is 4.79 Å². The van der Waals surface area contributed by atoms with Gasteiger partial charge >= 0.3 is 0 Å². The monoisotopic (exact) mass is 320 g/mol. The number of amides is 1. The summed E-state index contributed by atoms with van der Waals surface area (Å²) in [5, 5.41) is 2.83. The second kappa shape index (κ2) is 5.53. The molecular weight excluding hydrogens is 304 g/mol. The summed E-state index contributed by atoms with van der Waals surface area (Å²) in [5.41, 5.74) is 4.49. The van der Waals surface area contributed by atoms with E-state index in [0.29, 0.717) is 23.0 Å². The summed E-state index contributed by atoms with van der Waals surface area (Å²) in [5.74, 6) is 1.77. The van der Waals surface area contributed by atoms with E-state index in [4.69, 9.17) is 9.47 Å². The second-order valence-electron chi connectivity index (χ2n) is 5.86. The molecule has 0 spiro atoms. The van der Waals surface area contributed by atoms with Crippen LogP contribution in [0, 0.1) is 13.8 Å². The zero-order valence-corrected chi connectivity index (χ0v) is 13.4. The van der Waals surface area contributed by atoms with E-state index in [1.165, 1.54) is 5.56 Å². The van der Waals surface area contributed by atoms with E-state index in [1.54, 1.807) is 6.08 Å². The van der Waals surface area contributed by atoms with Crippen LogP contribution in [0.3, 0.4) is 0 Å². The van der Waals surface area contributed by atoms with Crippen molar-refractivity contribution in [1.82, 2.24) is 5.32 Å². The SMILES string of the molecule is Cc1ccc(C2=N/C(=C/c3ccc4c(c3)OCO4)C(=O)N2)cc1C. The third-order valence-corrected chi connectivity index (χ3v) is 4.18. The van der Waals surface area contributed by atoms with Crippen LogP contribution in [-0.2, 0) is 4.79 Å². The van der Waals surface area contributed by atoms with Crippen molar-refractivity contribution >= 4 is 17.8 Å². The number of ether oxygens (including phenoxy) is 2. The first kappa shape index (κ1) is 14.5. The summed E-state index contributed by atoms with van der Waals surface area (Å²) in [6.45, 7) is 4.32. The molecule has 5 heteroatoms. The van der Waals surface area contributed by atoms with Crippen molar-refractivity contribution in [2.45, 2.75) is 13.8 Å². The molecule has 0 fully saturated rings. The largest absolute Gasteiger partial charge is 0.454 e. The number of carbonyl (C=O) groups is 1. The lowest BCUT2D eigenvalue weighted by molar-refractivity contribution is -0.115. The molecule has 0 saturated heterocycles. The minimum Gasteiger partial charge on any atom is -0.454 e. The predicted octanol–water partition coefficient (Wildman–Crippen LogP) is 2.95. The lowest BCUT2D eigenvalue weighted by Crippen LogP contribution is -2.24. The van der Waals surface area contributed by atoms with Gasteiger partial charge in [0.05, 0.1) is 0 Å². The third-order valence-electron chi connectivity index (χ3n) is 4.18. The summed E-state index contributed by atoms with van der Waals surface area (Å²) >= 11 is 0. The minimum atomic E-state index is -0.208. The van der Waals surface area contributed by atoms with Gasteiger partial charge in [-0.1, -0.05) is 18.2 Å². The molecule has 1 amide bonds. The van der Waals surface area contributed by atoms with Crippen molar-refractivity contribution < 1.29 is 14.3 Å². The van der Waals surface area contributed by atoms with Crippen molar-refractivity contribution in [1.29, 1.82) is 0 Å². The standard InChI is InChI=1S/C19H16N2O3/c1-11-3-5-14(7-12(11)2)18-20-15(19(22)21-18)8-13-4-6-16-17(9-13)24-10-23-16/h3-9H,10H2,1-2H3,(H,20,21,22)/b15-8+. The smallest absolute Gasteiger partial charge is 0.275 e. The van der Waals surface area contributed by atoms with Gasteiger partial charge in [0.15, 0.2) is 11.5 Å². The Morgan fingerprint density at radius 3 is 2.71 bits per heavy atom. The Morgan fingerprint density at radius 2 is 1.88 bits per heavy atom. The number of carbonyl (C=O) groups excluding carboxylic acids is 1. The number of nitrogens with one attached hydrogen (secondary N) is 1. The Labute approximate surface area is 139 Å². The van der Waals surface area contributed by atoms with E-state index in [2.05, 4.69) is 17.2 Å². The van der Waals surface area contributed by atoms with Crippen molar-refractivity contribution in [3.63, 3.8) is 0 Å². The first-order chi connectivity index (χ1) is 11.6. The van der Waals surface area contributed by atoms with E-state index >= 15 is 0 Å². The number of hydrogen-bond donors (Lipinski definition) is 1. The van der Waals surface area contributed by atoms with Crippen LogP contribution < -0.4 is 14.8 Å². The maximum absolute atomic E-state index is 12.2. The molecule has 2 aliphatic heterocycles. The van der Waals surface area contributed by atoms with Gasteiger partial charge in [-0.15, -0.1) is 0 Å². The average Bonchev–Trinajstić information content (AvgIpc) is 3.17. The lowest BCUT2D eigenvalue weighted by Gasteiger charge is -2.04. The van der Waals surface area contributed by atoms with Crippen molar-refractivity contribution in [3.05, 3.63) is 64.3 Å². The van der Waals surface area contributed by atoms with Gasteiger partial charge in [-0.3, -0.25) is 4.79 Å². The molecule has 0 bridgehead atoms. The summed E-state index contributed by atoms with van der Waals surface area (Å²) in [4.78, 5) is 16.6. The number of aliphatic imine (C=N–C) groups is 1. The quantitative estimate of drug-likeness (QED) is 0.866. The molecule has 0 unspecified atom stereocenters. The first-order valence-corrected chi connectivity index (χ1v) is 7.69. The molecule has 5 nitrogen and oxygen atoms in total. The molecule has 0 radical (unpaired) electrons. The average molecular weight is 320 g/mol. The predicted molar refractivity (Wildman–Crippen MR) is 91.1 cm³/mol. The van der Waals surface area contributed by atoms with Gasteiger partial charge in [-0.05, 0) is 54.8 Å². The topological polar surface area (TPSA) is 59.9 Å². The Kier molecular flexibility index (Phi) is 3.34. The molecule has 24 heavy (non-hydrogen) atoms. The summed E-state index contributed by atoms with van der Waals surface area (Å²) in [6.07, 6.45) is 1.74. The van der Waals surface area contributed by atoms with Crippen LogP contribution in [0.5, 0.6) is 11.5 Å². The van der Waals surface area contributed by atoms with Crippen LogP contribution in [0.25, 0.3) is 6.08 Å². The molecule has 2 heterocycles. The number of hydrogen-bond acceptors (Lipinski definition) is 4. The van der Waals surface area contributed by atoms with Crippen LogP contribution in [0.15, 0.2) is 47.1 Å². The van der Waals surface area contributed by atoms with Crippen LogP contribution >= 0.6 is 0 Å². The van der Waals surface area contributed by atoms with E-state index in [-0.39, 0.29) is 12.7 Å². The van der Waals surface area contributed by atoms with Crippen LogP contribution in [0.1, 0.15) is 22.3 Å². The molecule has 1 N–H and O–H groups in total. The summed E-state index contributed by atoms with van der Waals surface area (Å²) in [7, 11) is 0. The van der Waals surface area contributed by atoms with Crippen molar-refractivity contribution in [2.24, 2.45) is 4.99 Å². The van der Waals surface area contributed by atoms with E-state index in [1.807, 2.05) is 43.3 Å². The zero-order chi connectivity index (χ0) is 16.7. The molecule has 4 rings (SSSR count). The summed E-state index contributed by atoms with van der Waals surface area (Å²) in [6, 6.07) is 11.6. The maximum atomic E-state index is 12.2. The molecule has 2 aliphatic rings. The third kappa shape index (κ3) is 2.54. The van der Waals surface area contributed by atoms with E-state index < -0.39 is 0 Å². The molecule has 2 aromatic rings. The fourth-order valence-corrected chi connectivity index (χ4v) is 2.65. The molecule has 0 atom stereocenters. The van der Waals surface area contributed by atoms with E-state index in [0.717, 1.165) is 16.7 Å². The number of fused-ring (bicyclic) bond motifs is 1. The van der Waals surface area contributed by atoms with Gasteiger partial charge in [-0.25, -0.2) is 4.99 Å². The fourth-order valence-electron chi connectivity index (χ4n) is 2.65. The number of benzene rings is 2. The zero-order valence-electron chi connectivity index (χ0n) is 13.4. The van der Waals surface area contributed by atoms with Gasteiger partial charge < -0.3 is 14.8 Å². The van der Waals surface area contributed by atoms with Gasteiger partial charge in [0, 0.05) is 5.56 Å². The van der Waals surface area contributed by atoms with Gasteiger partial charge in [0.25, 0.3) is 5.91 Å². The van der Waals surface area contributed by atoms with Gasteiger partial charge in [-0.2, -0.15) is 0 Å². The summed E-state index contributed by atoms with van der Waals surface area (Å²) < 4.78 is 10.6. The Balaban J connectivity index is 1.67. The highest BCUT2D eigenvalue weighted by molar-refractivity contribution is 6.19. The van der Waals surface area contributed by atoms with Crippen LogP contribution in [-0.4, -0.2) is 18.5 Å². The number of rotatable bonds is 2. The highest BCUT2D eigenvalue weighted by Gasteiger charge is 2.22. The molecule has 0 aromatic heterocycles. The van der Waals surface area contributed by atoms with Gasteiger partial charge in [0.1, 0.15) is 11.5 Å². The Bertz CT molecular complexity index is 913. The molecule has 0 aliphatic carbocycles. The maximum Gasteiger partial charge on any atom is 0.275 e. The normalized spacial score (nSPS) is 17.2. The Hall–Kier alpha value is -3.08. The molecule has 2 aromatic carbocycles. The van der Waals surface area contributed by atoms with Crippen molar-refractivity contribution in [2.75, 3.05) is 6.79 Å². The Morgan fingerprint density at radius 1 is 1.04 bits per heavy atom. The molecule has 0 saturated carbocycles. The van der Waals surface area contributed by atoms with Crippen molar-refractivity contribution in [3.8, 4) is 11.5 Å². The minimum absolute atomic E-state index is 0.208. The van der Waals surface area contributed by atoms with Crippen LogP contribution in [0.4, 0.5) is 0 Å². The number of aryl methyl sites for hydroxylation is 2. The molecule has 120 valence electrons. The number of amidine groups is 1. The van der Waals surface area contributed by atoms with Gasteiger partial charge in [0.2, 0.25) is 6.79 Å². The second-order valence-corrected chi connectivity index (χ2v) is 5.86.